The lowest BCUT2D eigenvalue weighted by molar-refractivity contribution is -0.120. The van der Waals surface area contributed by atoms with Crippen LogP contribution < -0.4 is 20.1 Å². The summed E-state index contributed by atoms with van der Waals surface area (Å²) < 4.78 is 16.7. The SMILES string of the molecule is C[C@@H](Oc1nc(-c2ccccc2)cc2ncn(C)c12)[C@H]1CNC(=O)C1.C[C@@H](Oc1nc(Br)cc2ncn(C)c12)[C@H]1CNC(=O)C1. The quantitative estimate of drug-likeness (QED) is 0.245. The average Bonchev–Trinajstić information content (AvgIpc) is 3.82. The van der Waals surface area contributed by atoms with E-state index in [1.165, 1.54) is 0 Å². The Labute approximate surface area is 268 Å². The smallest absolute Gasteiger partial charge is 0.241 e. The zero-order valence-corrected chi connectivity index (χ0v) is 27.1. The maximum atomic E-state index is 11.5. The summed E-state index contributed by atoms with van der Waals surface area (Å²) in [5.41, 5.74) is 5.25. The minimum atomic E-state index is -0.115. The van der Waals surface area contributed by atoms with Crippen molar-refractivity contribution in [2.75, 3.05) is 13.1 Å². The Kier molecular flexibility index (Phi) is 8.70. The van der Waals surface area contributed by atoms with Crippen molar-refractivity contribution in [2.45, 2.75) is 38.9 Å². The van der Waals surface area contributed by atoms with Crippen molar-refractivity contribution in [3.05, 3.63) is 59.7 Å². The van der Waals surface area contributed by atoms with Gasteiger partial charge in [-0.15, -0.1) is 0 Å². The van der Waals surface area contributed by atoms with Crippen LogP contribution in [0, 0.1) is 11.8 Å². The summed E-state index contributed by atoms with van der Waals surface area (Å²) in [5.74, 6) is 1.59. The molecule has 0 spiro atoms. The maximum Gasteiger partial charge on any atom is 0.241 e. The van der Waals surface area contributed by atoms with Crippen molar-refractivity contribution < 1.29 is 19.1 Å². The molecule has 2 aliphatic rings. The Hall–Kier alpha value is -4.52. The first-order valence-corrected chi connectivity index (χ1v) is 15.7. The molecule has 2 saturated heterocycles. The lowest BCUT2D eigenvalue weighted by Gasteiger charge is -2.20. The number of aryl methyl sites for hydroxylation is 2. The van der Waals surface area contributed by atoms with Gasteiger partial charge in [0.15, 0.2) is 0 Å². The zero-order chi connectivity index (χ0) is 31.7. The number of carbonyl (C=O) groups is 2. The Morgan fingerprint density at radius 1 is 0.800 bits per heavy atom. The van der Waals surface area contributed by atoms with E-state index >= 15 is 0 Å². The monoisotopic (exact) mass is 674 g/mol. The third-order valence-electron chi connectivity index (χ3n) is 8.31. The molecule has 0 unspecified atom stereocenters. The number of imidazole rings is 2. The molecule has 0 saturated carbocycles. The van der Waals surface area contributed by atoms with Crippen LogP contribution >= 0.6 is 15.9 Å². The van der Waals surface area contributed by atoms with Gasteiger partial charge in [0.2, 0.25) is 23.6 Å². The molecule has 234 valence electrons. The lowest BCUT2D eigenvalue weighted by atomic mass is 10.0. The van der Waals surface area contributed by atoms with Crippen molar-refractivity contribution in [1.82, 2.24) is 39.7 Å². The van der Waals surface area contributed by atoms with Crippen LogP contribution in [0.5, 0.6) is 11.8 Å². The third kappa shape index (κ3) is 6.63. The molecule has 7 rings (SSSR count). The van der Waals surface area contributed by atoms with Gasteiger partial charge in [-0.1, -0.05) is 30.3 Å². The summed E-state index contributed by atoms with van der Waals surface area (Å²) in [6.45, 7) is 5.26. The largest absolute Gasteiger partial charge is 0.473 e. The number of amides is 2. The molecule has 1 aromatic carbocycles. The minimum Gasteiger partial charge on any atom is -0.473 e. The van der Waals surface area contributed by atoms with Crippen LogP contribution in [0.15, 0.2) is 59.7 Å². The number of halogens is 1. The summed E-state index contributed by atoms with van der Waals surface area (Å²) >= 11 is 3.37. The molecule has 12 nitrogen and oxygen atoms in total. The fourth-order valence-electron chi connectivity index (χ4n) is 5.63. The van der Waals surface area contributed by atoms with E-state index in [4.69, 9.17) is 14.5 Å². The first-order chi connectivity index (χ1) is 21.7. The highest BCUT2D eigenvalue weighted by atomic mass is 79.9. The van der Waals surface area contributed by atoms with E-state index in [1.807, 2.05) is 79.5 Å². The van der Waals surface area contributed by atoms with Crippen LogP contribution in [-0.2, 0) is 23.7 Å². The summed E-state index contributed by atoms with van der Waals surface area (Å²) in [5, 5.41) is 5.69. The topological polar surface area (TPSA) is 138 Å². The van der Waals surface area contributed by atoms with E-state index < -0.39 is 0 Å². The van der Waals surface area contributed by atoms with Crippen molar-refractivity contribution in [3.63, 3.8) is 0 Å². The standard InChI is InChI=1S/C19H20N4O2.C13H15BrN4O2/c1-12(14-8-17(24)20-10-14)25-19-18-16(21-11-23(18)2)9-15(22-19)13-6-4-3-5-7-13;1-7(8-3-11(19)15-5-8)20-13-12-9(4-10(14)17-13)16-6-18(12)2/h3-7,9,11-12,14H,8,10H2,1-2H3,(H,20,24);4,6-8H,3,5H2,1-2H3,(H,15,19)/t12-,14-;7-,8-/m11/s1. The summed E-state index contributed by atoms with van der Waals surface area (Å²) in [6.07, 6.45) is 4.29. The Morgan fingerprint density at radius 3 is 1.82 bits per heavy atom. The highest BCUT2D eigenvalue weighted by Crippen LogP contribution is 2.31. The van der Waals surface area contributed by atoms with Gasteiger partial charge >= 0.3 is 0 Å². The molecule has 2 fully saturated rings. The molecule has 5 aromatic rings. The van der Waals surface area contributed by atoms with Crippen molar-refractivity contribution in [1.29, 1.82) is 0 Å². The van der Waals surface area contributed by atoms with Crippen molar-refractivity contribution in [3.8, 4) is 23.0 Å². The molecular formula is C32H35BrN8O4. The summed E-state index contributed by atoms with van der Waals surface area (Å²) in [6, 6.07) is 13.8. The van der Waals surface area contributed by atoms with Crippen LogP contribution in [0.2, 0.25) is 0 Å². The van der Waals surface area contributed by atoms with Gasteiger partial charge in [0.25, 0.3) is 0 Å². The number of ether oxygens (including phenoxy) is 2. The molecule has 2 aliphatic heterocycles. The predicted molar refractivity (Wildman–Crippen MR) is 173 cm³/mol. The van der Waals surface area contributed by atoms with Crippen LogP contribution in [0.25, 0.3) is 33.3 Å². The third-order valence-corrected chi connectivity index (χ3v) is 8.71. The number of rotatable bonds is 7. The number of carbonyl (C=O) groups excluding carboxylic acids is 2. The second kappa shape index (κ2) is 12.8. The molecule has 2 N–H and O–H groups in total. The zero-order valence-electron chi connectivity index (χ0n) is 25.5. The van der Waals surface area contributed by atoms with E-state index in [9.17, 15) is 9.59 Å². The molecule has 4 atom stereocenters. The Bertz CT molecular complexity index is 1860. The number of hydrogen-bond donors (Lipinski definition) is 2. The first-order valence-electron chi connectivity index (χ1n) is 14.9. The van der Waals surface area contributed by atoms with Crippen LogP contribution in [0.3, 0.4) is 0 Å². The van der Waals surface area contributed by atoms with Crippen molar-refractivity contribution in [2.24, 2.45) is 25.9 Å². The number of nitrogens with zero attached hydrogens (tertiary/aromatic N) is 6. The van der Waals surface area contributed by atoms with Gasteiger partial charge in [0.05, 0.1) is 29.4 Å². The summed E-state index contributed by atoms with van der Waals surface area (Å²) in [7, 11) is 3.83. The van der Waals surface area contributed by atoms with Gasteiger partial charge in [-0.2, -0.15) is 0 Å². The highest BCUT2D eigenvalue weighted by Gasteiger charge is 2.30. The van der Waals surface area contributed by atoms with Crippen LogP contribution in [-0.4, -0.2) is 66.2 Å². The number of fused-ring (bicyclic) bond motifs is 2. The van der Waals surface area contributed by atoms with Crippen LogP contribution in [0.4, 0.5) is 0 Å². The van der Waals surface area contributed by atoms with E-state index in [1.54, 1.807) is 12.7 Å². The lowest BCUT2D eigenvalue weighted by Crippen LogP contribution is -2.26. The summed E-state index contributed by atoms with van der Waals surface area (Å²) in [4.78, 5) is 40.7. The van der Waals surface area contributed by atoms with Gasteiger partial charge in [-0.25, -0.2) is 19.9 Å². The number of benzene rings is 1. The van der Waals surface area contributed by atoms with Gasteiger partial charge in [-0.3, -0.25) is 9.59 Å². The molecule has 0 radical (unpaired) electrons. The van der Waals surface area contributed by atoms with Crippen LogP contribution in [0.1, 0.15) is 26.7 Å². The number of hydrogen-bond acceptors (Lipinski definition) is 8. The molecule has 45 heavy (non-hydrogen) atoms. The fraction of sp³-hybridized carbons (Fsp3) is 0.375. The molecular weight excluding hydrogens is 640 g/mol. The van der Waals surface area contributed by atoms with E-state index in [-0.39, 0.29) is 35.9 Å². The fourth-order valence-corrected chi connectivity index (χ4v) is 6.01. The number of nitrogens with one attached hydrogen (secondary N) is 2. The predicted octanol–water partition coefficient (Wildman–Crippen LogP) is 4.17. The highest BCUT2D eigenvalue weighted by molar-refractivity contribution is 9.10. The maximum absolute atomic E-state index is 11.5. The number of pyridine rings is 2. The molecule has 0 bridgehead atoms. The molecule has 4 aromatic heterocycles. The van der Waals surface area contributed by atoms with E-state index in [0.717, 1.165) is 33.3 Å². The second-order valence-corrected chi connectivity index (χ2v) is 12.4. The molecule has 2 amide bonds. The molecule has 6 heterocycles. The Morgan fingerprint density at radius 2 is 1.31 bits per heavy atom. The molecule has 13 heteroatoms. The second-order valence-electron chi connectivity index (χ2n) is 11.6. The van der Waals surface area contributed by atoms with Gasteiger partial charge in [0.1, 0.15) is 27.8 Å². The van der Waals surface area contributed by atoms with Gasteiger partial charge in [-0.05, 0) is 41.9 Å². The van der Waals surface area contributed by atoms with Gasteiger partial charge in [0, 0.05) is 57.4 Å². The average molecular weight is 676 g/mol. The minimum absolute atomic E-state index is 0.0807. The van der Waals surface area contributed by atoms with Gasteiger partial charge < -0.3 is 29.2 Å². The number of aromatic nitrogens is 6. The molecule has 0 aliphatic carbocycles. The Balaban J connectivity index is 0.000000163. The van der Waals surface area contributed by atoms with Crippen molar-refractivity contribution >= 4 is 49.8 Å². The van der Waals surface area contributed by atoms with E-state index in [0.29, 0.717) is 42.3 Å². The van der Waals surface area contributed by atoms with E-state index in [2.05, 4.69) is 41.5 Å². The normalized spacial score (nSPS) is 19.1. The first kappa shape index (κ1) is 30.5.